The molecule has 3 rings (SSSR count). The van der Waals surface area contributed by atoms with E-state index in [2.05, 4.69) is 10.0 Å². The Morgan fingerprint density at radius 3 is 2.29 bits per heavy atom. The molecule has 0 bridgehead atoms. The van der Waals surface area contributed by atoms with Crippen molar-refractivity contribution in [1.29, 1.82) is 0 Å². The van der Waals surface area contributed by atoms with E-state index in [1.54, 1.807) is 37.3 Å². The second kappa shape index (κ2) is 9.37. The van der Waals surface area contributed by atoms with Crippen LogP contribution in [0.15, 0.2) is 48.5 Å². The number of piperidine rings is 1. The number of amides is 1. The van der Waals surface area contributed by atoms with Gasteiger partial charge in [-0.1, -0.05) is 36.4 Å². The monoisotopic (exact) mass is 465 g/mol. The fraction of sp³-hybridized carbons (Fsp3) is 0.381. The van der Waals surface area contributed by atoms with Gasteiger partial charge in [-0.3, -0.25) is 9.52 Å². The molecule has 1 aliphatic heterocycles. The summed E-state index contributed by atoms with van der Waals surface area (Å²) in [5.74, 6) is -0.561. The number of carbonyl (C=O) groups is 1. The fourth-order valence-electron chi connectivity index (χ4n) is 3.53. The van der Waals surface area contributed by atoms with Crippen molar-refractivity contribution in [3.8, 4) is 0 Å². The average Bonchev–Trinajstić information content (AvgIpc) is 2.70. The predicted molar refractivity (Wildman–Crippen MR) is 122 cm³/mol. The van der Waals surface area contributed by atoms with Crippen LogP contribution in [0.3, 0.4) is 0 Å². The largest absolute Gasteiger partial charge is 0.326 e. The summed E-state index contributed by atoms with van der Waals surface area (Å²) >= 11 is 0. The van der Waals surface area contributed by atoms with Gasteiger partial charge in [0.15, 0.2) is 0 Å². The maximum Gasteiger partial charge on any atom is 0.229 e. The lowest BCUT2D eigenvalue weighted by Gasteiger charge is -2.30. The third-order valence-electron chi connectivity index (χ3n) is 5.21. The van der Waals surface area contributed by atoms with Crippen molar-refractivity contribution in [3.05, 3.63) is 59.7 Å². The minimum absolute atomic E-state index is 0.0514. The van der Waals surface area contributed by atoms with Crippen LogP contribution in [0.5, 0.6) is 0 Å². The van der Waals surface area contributed by atoms with Gasteiger partial charge in [-0.25, -0.2) is 21.1 Å². The molecule has 1 aliphatic rings. The molecule has 2 N–H and O–H groups in total. The maximum absolute atomic E-state index is 12.7. The number of benzene rings is 2. The topological polar surface area (TPSA) is 113 Å². The third-order valence-corrected chi connectivity index (χ3v) is 7.65. The van der Waals surface area contributed by atoms with Crippen LogP contribution in [0, 0.1) is 12.8 Å². The van der Waals surface area contributed by atoms with Crippen LogP contribution in [0.1, 0.15) is 24.0 Å². The summed E-state index contributed by atoms with van der Waals surface area (Å²) in [5, 5.41) is 2.82. The summed E-state index contributed by atoms with van der Waals surface area (Å²) in [6.07, 6.45) is 1.93. The Kier molecular flexibility index (Phi) is 7.03. The van der Waals surface area contributed by atoms with E-state index in [0.717, 1.165) is 17.4 Å². The number of rotatable bonds is 7. The lowest BCUT2D eigenvalue weighted by molar-refractivity contribution is -0.120. The minimum Gasteiger partial charge on any atom is -0.326 e. The van der Waals surface area contributed by atoms with Gasteiger partial charge in [-0.05, 0) is 43.0 Å². The van der Waals surface area contributed by atoms with E-state index in [1.807, 2.05) is 18.2 Å². The molecule has 168 valence electrons. The van der Waals surface area contributed by atoms with Gasteiger partial charge < -0.3 is 5.32 Å². The second-order valence-corrected chi connectivity index (χ2v) is 11.5. The van der Waals surface area contributed by atoms with Crippen LogP contribution >= 0.6 is 0 Å². The Morgan fingerprint density at radius 2 is 1.68 bits per heavy atom. The summed E-state index contributed by atoms with van der Waals surface area (Å²) in [5.41, 5.74) is 2.36. The predicted octanol–water partition coefficient (Wildman–Crippen LogP) is 2.55. The van der Waals surface area contributed by atoms with Crippen LogP contribution < -0.4 is 10.0 Å². The average molecular weight is 466 g/mol. The standard InChI is InChI=1S/C21H27N3O5S2/c1-16-8-9-19(14-20(16)23-30(2,26)27)22-21(25)18-10-12-24(13-11-18)31(28,29)15-17-6-4-3-5-7-17/h3-9,14,18,23H,10-13,15H2,1-2H3,(H,22,25). The number of aryl methyl sites for hydroxylation is 1. The Bertz CT molecular complexity index is 1140. The molecule has 1 fully saturated rings. The Labute approximate surface area is 183 Å². The molecule has 0 radical (unpaired) electrons. The molecule has 31 heavy (non-hydrogen) atoms. The zero-order valence-electron chi connectivity index (χ0n) is 17.5. The van der Waals surface area contributed by atoms with Crippen molar-refractivity contribution in [2.75, 3.05) is 29.4 Å². The van der Waals surface area contributed by atoms with Gasteiger partial charge in [0.25, 0.3) is 0 Å². The number of carbonyl (C=O) groups excluding carboxylic acids is 1. The van der Waals surface area contributed by atoms with Gasteiger partial charge in [0, 0.05) is 24.7 Å². The van der Waals surface area contributed by atoms with Crippen molar-refractivity contribution < 1.29 is 21.6 Å². The Hall–Kier alpha value is -2.43. The summed E-state index contributed by atoms with van der Waals surface area (Å²) in [4.78, 5) is 12.7. The molecular formula is C21H27N3O5S2. The molecule has 0 saturated carbocycles. The summed E-state index contributed by atoms with van der Waals surface area (Å²) in [7, 11) is -6.87. The smallest absolute Gasteiger partial charge is 0.229 e. The number of anilines is 2. The van der Waals surface area contributed by atoms with E-state index in [1.165, 1.54) is 4.31 Å². The summed E-state index contributed by atoms with van der Waals surface area (Å²) in [6, 6.07) is 14.0. The maximum atomic E-state index is 12.7. The molecule has 0 atom stereocenters. The van der Waals surface area contributed by atoms with Gasteiger partial charge >= 0.3 is 0 Å². The lowest BCUT2D eigenvalue weighted by Crippen LogP contribution is -2.41. The quantitative estimate of drug-likeness (QED) is 0.653. The molecule has 0 aromatic heterocycles. The molecule has 10 heteroatoms. The SMILES string of the molecule is Cc1ccc(NC(=O)C2CCN(S(=O)(=O)Cc3ccccc3)CC2)cc1NS(C)(=O)=O. The van der Waals surface area contributed by atoms with Gasteiger partial charge in [0.2, 0.25) is 26.0 Å². The van der Waals surface area contributed by atoms with E-state index in [-0.39, 0.29) is 17.6 Å². The van der Waals surface area contributed by atoms with Crippen molar-refractivity contribution in [2.24, 2.45) is 5.92 Å². The molecular weight excluding hydrogens is 438 g/mol. The number of hydrogen-bond donors (Lipinski definition) is 2. The highest BCUT2D eigenvalue weighted by atomic mass is 32.2. The van der Waals surface area contributed by atoms with Crippen LogP contribution in [-0.2, 0) is 30.6 Å². The molecule has 0 unspecified atom stereocenters. The number of sulfonamides is 2. The van der Waals surface area contributed by atoms with Crippen molar-refractivity contribution >= 4 is 37.3 Å². The molecule has 2 aromatic rings. The molecule has 1 amide bonds. The first-order valence-corrected chi connectivity index (χ1v) is 13.4. The first-order chi connectivity index (χ1) is 14.5. The number of hydrogen-bond acceptors (Lipinski definition) is 5. The second-order valence-electron chi connectivity index (χ2n) is 7.81. The van der Waals surface area contributed by atoms with E-state index >= 15 is 0 Å². The van der Waals surface area contributed by atoms with E-state index in [9.17, 15) is 21.6 Å². The zero-order chi connectivity index (χ0) is 22.6. The zero-order valence-corrected chi connectivity index (χ0v) is 19.2. The minimum atomic E-state index is -3.44. The molecule has 8 nitrogen and oxygen atoms in total. The summed E-state index contributed by atoms with van der Waals surface area (Å²) < 4.78 is 52.2. The van der Waals surface area contributed by atoms with E-state index in [4.69, 9.17) is 0 Å². The highest BCUT2D eigenvalue weighted by molar-refractivity contribution is 7.92. The van der Waals surface area contributed by atoms with E-state index < -0.39 is 20.0 Å². The van der Waals surface area contributed by atoms with Crippen LogP contribution in [0.4, 0.5) is 11.4 Å². The Morgan fingerprint density at radius 1 is 1.03 bits per heavy atom. The number of nitrogens with zero attached hydrogens (tertiary/aromatic N) is 1. The number of nitrogens with one attached hydrogen (secondary N) is 2. The van der Waals surface area contributed by atoms with Crippen molar-refractivity contribution in [2.45, 2.75) is 25.5 Å². The van der Waals surface area contributed by atoms with E-state index in [0.29, 0.717) is 37.3 Å². The first-order valence-electron chi connectivity index (χ1n) is 9.94. The van der Waals surface area contributed by atoms with Crippen molar-refractivity contribution in [1.82, 2.24) is 4.31 Å². The van der Waals surface area contributed by atoms with Gasteiger partial charge in [-0.2, -0.15) is 0 Å². The van der Waals surface area contributed by atoms with Gasteiger partial charge in [0.05, 0.1) is 17.7 Å². The summed E-state index contributed by atoms with van der Waals surface area (Å²) in [6.45, 7) is 2.36. The Balaban J connectivity index is 1.59. The van der Waals surface area contributed by atoms with Crippen LogP contribution in [0.2, 0.25) is 0 Å². The van der Waals surface area contributed by atoms with Gasteiger partial charge in [0.1, 0.15) is 0 Å². The third kappa shape index (κ3) is 6.52. The molecule has 2 aromatic carbocycles. The van der Waals surface area contributed by atoms with Crippen LogP contribution in [-0.4, -0.2) is 46.4 Å². The highest BCUT2D eigenvalue weighted by Gasteiger charge is 2.31. The fourth-order valence-corrected chi connectivity index (χ4v) is 5.71. The molecule has 0 spiro atoms. The molecule has 1 heterocycles. The normalized spacial score (nSPS) is 16.1. The first kappa shape index (κ1) is 23.2. The molecule has 1 saturated heterocycles. The lowest BCUT2D eigenvalue weighted by atomic mass is 9.97. The van der Waals surface area contributed by atoms with Crippen molar-refractivity contribution in [3.63, 3.8) is 0 Å². The van der Waals surface area contributed by atoms with Crippen LogP contribution in [0.25, 0.3) is 0 Å². The van der Waals surface area contributed by atoms with Gasteiger partial charge in [-0.15, -0.1) is 0 Å². The molecule has 0 aliphatic carbocycles. The highest BCUT2D eigenvalue weighted by Crippen LogP contribution is 2.25.